The van der Waals surface area contributed by atoms with Crippen LogP contribution in [-0.4, -0.2) is 15.3 Å². The fourth-order valence-corrected chi connectivity index (χ4v) is 3.52. The Morgan fingerprint density at radius 3 is 2.57 bits per heavy atom. The van der Waals surface area contributed by atoms with Crippen molar-refractivity contribution in [2.45, 2.75) is 19.4 Å². The minimum absolute atomic E-state index is 0.194. The fourth-order valence-electron chi connectivity index (χ4n) is 3.30. The minimum atomic E-state index is -0.282. The number of rotatable bonds is 3. The molecule has 0 aliphatic carbocycles. The summed E-state index contributed by atoms with van der Waals surface area (Å²) in [5, 5.41) is 0.664. The molecule has 23 heavy (non-hydrogen) atoms. The van der Waals surface area contributed by atoms with Crippen LogP contribution in [0.25, 0.3) is 22.5 Å². The Morgan fingerprint density at radius 2 is 1.83 bits per heavy atom. The van der Waals surface area contributed by atoms with Crippen LogP contribution in [0.15, 0.2) is 54.9 Å². The molecule has 4 heteroatoms. The quantitative estimate of drug-likeness (QED) is 0.697. The molecule has 0 fully saturated rings. The molecule has 2 heterocycles. The van der Waals surface area contributed by atoms with Gasteiger partial charge in [0.1, 0.15) is 6.04 Å². The van der Waals surface area contributed by atoms with E-state index in [-0.39, 0.29) is 11.8 Å². The maximum absolute atomic E-state index is 12.5. The van der Waals surface area contributed by atoms with E-state index in [0.29, 0.717) is 11.4 Å². The van der Waals surface area contributed by atoms with E-state index in [1.54, 1.807) is 6.33 Å². The molecule has 114 valence electrons. The number of fused-ring (bicyclic) bond motifs is 3. The first-order valence-electron chi connectivity index (χ1n) is 7.66. The molecule has 1 aliphatic heterocycles. The van der Waals surface area contributed by atoms with Gasteiger partial charge in [0.05, 0.1) is 22.7 Å². The van der Waals surface area contributed by atoms with Crippen molar-refractivity contribution in [1.29, 1.82) is 0 Å². The van der Waals surface area contributed by atoms with Crippen LogP contribution < -0.4 is 0 Å². The first-order valence-corrected chi connectivity index (χ1v) is 8.04. The average molecular weight is 323 g/mol. The van der Waals surface area contributed by atoms with Crippen molar-refractivity contribution in [2.75, 3.05) is 0 Å². The second-order valence-electron chi connectivity index (χ2n) is 5.64. The van der Waals surface area contributed by atoms with E-state index in [1.165, 1.54) is 0 Å². The van der Waals surface area contributed by atoms with Gasteiger partial charge >= 0.3 is 0 Å². The summed E-state index contributed by atoms with van der Waals surface area (Å²) in [4.78, 5) is 17.0. The minimum Gasteiger partial charge on any atom is -0.315 e. The zero-order chi connectivity index (χ0) is 16.0. The molecule has 1 aromatic heterocycles. The first-order chi connectivity index (χ1) is 11.2. The molecule has 0 N–H and O–H groups in total. The maximum atomic E-state index is 12.5. The number of ketones is 1. The third kappa shape index (κ3) is 2.04. The molecule has 2 aromatic carbocycles. The molecule has 4 rings (SSSR count). The normalized spacial score (nSPS) is 15.3. The highest BCUT2D eigenvalue weighted by atomic mass is 35.5. The molecular formula is C19H15ClN2O. The summed E-state index contributed by atoms with van der Waals surface area (Å²) in [6, 6.07) is 15.4. The Morgan fingerprint density at radius 1 is 1.13 bits per heavy atom. The van der Waals surface area contributed by atoms with E-state index in [9.17, 15) is 4.79 Å². The van der Waals surface area contributed by atoms with Crippen molar-refractivity contribution in [3.63, 3.8) is 0 Å². The molecular weight excluding hydrogens is 308 g/mol. The summed E-state index contributed by atoms with van der Waals surface area (Å²) < 4.78 is 1.98. The van der Waals surface area contributed by atoms with Gasteiger partial charge in [-0.25, -0.2) is 4.98 Å². The van der Waals surface area contributed by atoms with E-state index >= 15 is 0 Å². The number of hydrogen-bond donors (Lipinski definition) is 0. The number of aromatic nitrogens is 2. The smallest absolute Gasteiger partial charge is 0.159 e. The predicted molar refractivity (Wildman–Crippen MR) is 91.5 cm³/mol. The highest BCUT2D eigenvalue weighted by molar-refractivity contribution is 6.33. The van der Waals surface area contributed by atoms with Crippen LogP contribution in [-0.2, 0) is 4.79 Å². The Balaban J connectivity index is 1.99. The fraction of sp³-hybridized carbons (Fsp3) is 0.158. The van der Waals surface area contributed by atoms with Gasteiger partial charge in [0.15, 0.2) is 5.78 Å². The van der Waals surface area contributed by atoms with Gasteiger partial charge in [-0.05, 0) is 11.6 Å². The highest BCUT2D eigenvalue weighted by Gasteiger charge is 2.35. The number of hydrogen-bond acceptors (Lipinski definition) is 2. The molecule has 0 bridgehead atoms. The summed E-state index contributed by atoms with van der Waals surface area (Å²) >= 11 is 6.35. The van der Waals surface area contributed by atoms with Crippen LogP contribution >= 0.6 is 11.6 Å². The summed E-state index contributed by atoms with van der Waals surface area (Å²) in [5.41, 5.74) is 4.80. The van der Waals surface area contributed by atoms with E-state index in [1.807, 2.05) is 60.0 Å². The van der Waals surface area contributed by atoms with Crippen LogP contribution in [0.1, 0.15) is 24.9 Å². The lowest BCUT2D eigenvalue weighted by atomic mass is 9.97. The number of imidazole rings is 1. The molecule has 0 radical (unpaired) electrons. The van der Waals surface area contributed by atoms with E-state index in [0.717, 1.165) is 28.1 Å². The van der Waals surface area contributed by atoms with E-state index in [4.69, 9.17) is 11.6 Å². The SMILES string of the molecule is CCC(=O)C1c2ccccc2-c2c(-c3ccccc3Cl)ncn21. The van der Waals surface area contributed by atoms with Crippen molar-refractivity contribution >= 4 is 17.4 Å². The van der Waals surface area contributed by atoms with Crippen molar-refractivity contribution < 1.29 is 4.79 Å². The van der Waals surface area contributed by atoms with Crippen molar-refractivity contribution in [3.8, 4) is 22.5 Å². The van der Waals surface area contributed by atoms with Gasteiger partial charge in [-0.1, -0.05) is 61.0 Å². The van der Waals surface area contributed by atoms with E-state index in [2.05, 4.69) is 4.98 Å². The Bertz CT molecular complexity index is 913. The zero-order valence-electron chi connectivity index (χ0n) is 12.7. The molecule has 3 aromatic rings. The van der Waals surface area contributed by atoms with Gasteiger partial charge in [-0.15, -0.1) is 0 Å². The lowest BCUT2D eigenvalue weighted by Crippen LogP contribution is -2.15. The standard InChI is InChI=1S/C19H15ClN2O/c1-2-16(23)18-12-7-3-4-8-13(12)19-17(21-11-22(18)19)14-9-5-6-10-15(14)20/h3-11,18H,2H2,1H3. The van der Waals surface area contributed by atoms with Crippen molar-refractivity contribution in [1.82, 2.24) is 9.55 Å². The monoisotopic (exact) mass is 322 g/mol. The Hall–Kier alpha value is -2.39. The second-order valence-corrected chi connectivity index (χ2v) is 6.05. The lowest BCUT2D eigenvalue weighted by molar-refractivity contribution is -0.120. The summed E-state index contributed by atoms with van der Waals surface area (Å²) in [5.74, 6) is 0.194. The summed E-state index contributed by atoms with van der Waals surface area (Å²) in [6.07, 6.45) is 2.25. The number of nitrogens with zero attached hydrogens (tertiary/aromatic N) is 2. The average Bonchev–Trinajstić information content (AvgIpc) is 3.13. The summed E-state index contributed by atoms with van der Waals surface area (Å²) in [6.45, 7) is 1.90. The number of Topliss-reactive ketones (excluding diaryl/α,β-unsaturated/α-hetero) is 1. The van der Waals surface area contributed by atoms with Crippen molar-refractivity contribution in [3.05, 3.63) is 65.4 Å². The second kappa shape index (κ2) is 5.36. The predicted octanol–water partition coefficient (Wildman–Crippen LogP) is 4.75. The molecule has 0 saturated heterocycles. The van der Waals surface area contributed by atoms with E-state index < -0.39 is 0 Å². The van der Waals surface area contributed by atoms with Gasteiger partial charge < -0.3 is 4.57 Å². The maximum Gasteiger partial charge on any atom is 0.159 e. The van der Waals surface area contributed by atoms with Gasteiger partial charge in [0.25, 0.3) is 0 Å². The number of benzene rings is 2. The Labute approximate surface area is 139 Å². The summed E-state index contributed by atoms with van der Waals surface area (Å²) in [7, 11) is 0. The van der Waals surface area contributed by atoms with Crippen LogP contribution in [0, 0.1) is 0 Å². The van der Waals surface area contributed by atoms with Crippen LogP contribution in [0.2, 0.25) is 5.02 Å². The third-order valence-corrected chi connectivity index (χ3v) is 4.69. The third-order valence-electron chi connectivity index (χ3n) is 4.36. The zero-order valence-corrected chi connectivity index (χ0v) is 13.4. The molecule has 0 amide bonds. The molecule has 0 saturated carbocycles. The molecule has 1 atom stereocenters. The molecule has 1 aliphatic rings. The molecule has 3 nitrogen and oxygen atoms in total. The first kappa shape index (κ1) is 14.2. The highest BCUT2D eigenvalue weighted by Crippen LogP contribution is 2.45. The Kier molecular flexibility index (Phi) is 3.31. The van der Waals surface area contributed by atoms with Gasteiger partial charge in [-0.2, -0.15) is 0 Å². The number of halogens is 1. The van der Waals surface area contributed by atoms with Gasteiger partial charge in [0, 0.05) is 17.5 Å². The van der Waals surface area contributed by atoms with Crippen LogP contribution in [0.3, 0.4) is 0 Å². The lowest BCUT2D eigenvalue weighted by Gasteiger charge is -2.11. The van der Waals surface area contributed by atoms with Gasteiger partial charge in [0.2, 0.25) is 0 Å². The topological polar surface area (TPSA) is 34.9 Å². The van der Waals surface area contributed by atoms with Crippen LogP contribution in [0.5, 0.6) is 0 Å². The number of carbonyl (C=O) groups excluding carboxylic acids is 1. The van der Waals surface area contributed by atoms with Crippen molar-refractivity contribution in [2.24, 2.45) is 0 Å². The van der Waals surface area contributed by atoms with Crippen LogP contribution in [0.4, 0.5) is 0 Å². The van der Waals surface area contributed by atoms with Gasteiger partial charge in [-0.3, -0.25) is 4.79 Å². The number of carbonyl (C=O) groups is 1. The molecule has 0 spiro atoms. The molecule has 1 unspecified atom stereocenters. The largest absolute Gasteiger partial charge is 0.315 e.